The number of nitrogens with one attached hydrogen (secondary N) is 2. The Morgan fingerprint density at radius 2 is 2.12 bits per heavy atom. The maximum atomic E-state index is 12.5. The van der Waals surface area contributed by atoms with Gasteiger partial charge in [-0.15, -0.1) is 0 Å². The van der Waals surface area contributed by atoms with Crippen LogP contribution >= 0.6 is 0 Å². The van der Waals surface area contributed by atoms with Crippen LogP contribution in [0.25, 0.3) is 0 Å². The number of nitrogens with zero attached hydrogens (tertiary/aromatic N) is 1. The zero-order valence-electron chi connectivity index (χ0n) is 14.7. The van der Waals surface area contributed by atoms with Crippen LogP contribution in [0.4, 0.5) is 4.39 Å². The molecule has 0 radical (unpaired) electrons. The Hall–Kier alpha value is -2.00. The highest BCUT2D eigenvalue weighted by Crippen LogP contribution is 2.17. The summed E-state index contributed by atoms with van der Waals surface area (Å²) in [4.78, 5) is 25.0. The first-order chi connectivity index (χ1) is 12.3. The van der Waals surface area contributed by atoms with E-state index in [1.807, 2.05) is 0 Å². The highest BCUT2D eigenvalue weighted by molar-refractivity contribution is 7.89. The van der Waals surface area contributed by atoms with Gasteiger partial charge in [0.25, 0.3) is 5.91 Å². The van der Waals surface area contributed by atoms with Crippen molar-refractivity contribution in [3.05, 3.63) is 29.8 Å². The molecule has 1 aliphatic heterocycles. The van der Waals surface area contributed by atoms with Crippen molar-refractivity contribution in [3.8, 4) is 0 Å². The number of carbonyl (C=O) groups excluding carboxylic acids is 2. The fourth-order valence-corrected chi connectivity index (χ4v) is 4.06. The van der Waals surface area contributed by atoms with E-state index in [2.05, 4.69) is 10.0 Å². The molecule has 1 aliphatic rings. The number of sulfonamides is 1. The number of amides is 2. The molecule has 2 rings (SSSR count). The molecule has 7 nitrogen and oxygen atoms in total. The van der Waals surface area contributed by atoms with Crippen LogP contribution in [0, 0.1) is 5.92 Å². The van der Waals surface area contributed by atoms with Crippen molar-refractivity contribution < 1.29 is 22.4 Å². The molecule has 0 bridgehead atoms. The molecule has 1 fully saturated rings. The van der Waals surface area contributed by atoms with Gasteiger partial charge in [-0.2, -0.15) is 0 Å². The third kappa shape index (κ3) is 5.50. The second-order valence-electron chi connectivity index (χ2n) is 6.30. The second kappa shape index (κ2) is 9.09. The summed E-state index contributed by atoms with van der Waals surface area (Å²) in [5, 5.41) is 2.36. The number of carbonyl (C=O) groups is 2. The van der Waals surface area contributed by atoms with E-state index in [9.17, 15) is 22.4 Å². The van der Waals surface area contributed by atoms with Gasteiger partial charge in [-0.05, 0) is 37.0 Å². The van der Waals surface area contributed by atoms with E-state index in [1.165, 1.54) is 31.2 Å². The lowest BCUT2D eigenvalue weighted by atomic mass is 9.98. The van der Waals surface area contributed by atoms with Crippen molar-refractivity contribution in [1.29, 1.82) is 0 Å². The van der Waals surface area contributed by atoms with Crippen molar-refractivity contribution >= 4 is 21.8 Å². The predicted molar refractivity (Wildman–Crippen MR) is 94.9 cm³/mol. The van der Waals surface area contributed by atoms with E-state index in [4.69, 9.17) is 0 Å². The molecule has 0 spiro atoms. The van der Waals surface area contributed by atoms with Gasteiger partial charge in [-0.25, -0.2) is 17.5 Å². The molecule has 0 aliphatic carbocycles. The maximum Gasteiger partial charge on any atom is 0.251 e. The quantitative estimate of drug-likeness (QED) is 0.730. The van der Waals surface area contributed by atoms with Crippen molar-refractivity contribution in [1.82, 2.24) is 14.9 Å². The van der Waals surface area contributed by atoms with Crippen LogP contribution in [-0.4, -0.2) is 58.0 Å². The fourth-order valence-electron chi connectivity index (χ4n) is 2.90. The molecule has 0 aromatic heterocycles. The number of benzene rings is 1. The Bertz CT molecular complexity index is 754. The molecule has 26 heavy (non-hydrogen) atoms. The Morgan fingerprint density at radius 1 is 1.35 bits per heavy atom. The van der Waals surface area contributed by atoms with Gasteiger partial charge < -0.3 is 10.2 Å². The lowest BCUT2D eigenvalue weighted by molar-refractivity contribution is -0.130. The van der Waals surface area contributed by atoms with Gasteiger partial charge in [0.05, 0.1) is 4.90 Å². The number of likely N-dealkylation sites (tertiary alicyclic amines) is 1. The minimum Gasteiger partial charge on any atom is -0.349 e. The Balaban J connectivity index is 2.01. The lowest BCUT2D eigenvalue weighted by Gasteiger charge is -2.32. The SMILES string of the molecule is CC(=O)N1CCC[C@@H](CNS(=O)(=O)c2cccc(C(=O)NCCF)c2)C1. The summed E-state index contributed by atoms with van der Waals surface area (Å²) in [5.74, 6) is -0.480. The van der Waals surface area contributed by atoms with Crippen LogP contribution in [-0.2, 0) is 14.8 Å². The van der Waals surface area contributed by atoms with Crippen LogP contribution in [0.1, 0.15) is 30.1 Å². The normalized spacial score (nSPS) is 17.8. The number of alkyl halides is 1. The van der Waals surface area contributed by atoms with Crippen LogP contribution in [0.2, 0.25) is 0 Å². The largest absolute Gasteiger partial charge is 0.349 e. The molecule has 2 N–H and O–H groups in total. The first-order valence-electron chi connectivity index (χ1n) is 8.53. The van der Waals surface area contributed by atoms with Crippen LogP contribution in [0.5, 0.6) is 0 Å². The number of hydrogen-bond acceptors (Lipinski definition) is 4. The molecule has 1 atom stereocenters. The van der Waals surface area contributed by atoms with Gasteiger partial charge >= 0.3 is 0 Å². The molecular formula is C17H24FN3O4S. The number of rotatable bonds is 7. The standard InChI is InChI=1S/C17H24FN3O4S/c1-13(22)21-9-3-4-14(12-21)11-20-26(24,25)16-6-2-5-15(10-16)17(23)19-8-7-18/h2,5-6,10,14,20H,3-4,7-9,11-12H2,1H3,(H,19,23)/t14-/m0/s1. The smallest absolute Gasteiger partial charge is 0.251 e. The summed E-state index contributed by atoms with van der Waals surface area (Å²) in [5.41, 5.74) is 0.154. The van der Waals surface area contributed by atoms with E-state index in [0.29, 0.717) is 13.1 Å². The van der Waals surface area contributed by atoms with Gasteiger partial charge in [-0.3, -0.25) is 9.59 Å². The highest BCUT2D eigenvalue weighted by Gasteiger charge is 2.24. The Kier molecular flexibility index (Phi) is 7.10. The van der Waals surface area contributed by atoms with Crippen LogP contribution < -0.4 is 10.0 Å². The van der Waals surface area contributed by atoms with Crippen molar-refractivity contribution in [2.24, 2.45) is 5.92 Å². The van der Waals surface area contributed by atoms with Gasteiger partial charge in [-0.1, -0.05) is 6.07 Å². The lowest BCUT2D eigenvalue weighted by Crippen LogP contribution is -2.42. The van der Waals surface area contributed by atoms with E-state index < -0.39 is 22.6 Å². The summed E-state index contributed by atoms with van der Waals surface area (Å²) < 4.78 is 39.7. The summed E-state index contributed by atoms with van der Waals surface area (Å²) in [6, 6.07) is 5.60. The summed E-state index contributed by atoms with van der Waals surface area (Å²) >= 11 is 0. The third-order valence-electron chi connectivity index (χ3n) is 4.31. The Labute approximate surface area is 153 Å². The third-order valence-corrected chi connectivity index (χ3v) is 5.73. The summed E-state index contributed by atoms with van der Waals surface area (Å²) in [6.45, 7) is 2.15. The molecule has 0 saturated carbocycles. The monoisotopic (exact) mass is 385 g/mol. The van der Waals surface area contributed by atoms with Gasteiger partial charge in [0.1, 0.15) is 6.67 Å². The molecular weight excluding hydrogens is 361 g/mol. The number of piperidine rings is 1. The van der Waals surface area contributed by atoms with Crippen molar-refractivity contribution in [2.45, 2.75) is 24.7 Å². The van der Waals surface area contributed by atoms with Gasteiger partial charge in [0.15, 0.2) is 0 Å². The van der Waals surface area contributed by atoms with Crippen molar-refractivity contribution in [2.75, 3.05) is 32.9 Å². The van der Waals surface area contributed by atoms with Crippen LogP contribution in [0.3, 0.4) is 0 Å². The highest BCUT2D eigenvalue weighted by atomic mass is 32.2. The topological polar surface area (TPSA) is 95.6 Å². The molecule has 9 heteroatoms. The number of hydrogen-bond donors (Lipinski definition) is 2. The minimum atomic E-state index is -3.78. The molecule has 1 aromatic carbocycles. The summed E-state index contributed by atoms with van der Waals surface area (Å²) in [7, 11) is -3.78. The summed E-state index contributed by atoms with van der Waals surface area (Å²) in [6.07, 6.45) is 1.69. The van der Waals surface area contributed by atoms with Crippen LogP contribution in [0.15, 0.2) is 29.2 Å². The zero-order chi connectivity index (χ0) is 19.2. The van der Waals surface area contributed by atoms with Gasteiger partial charge in [0.2, 0.25) is 15.9 Å². The average Bonchev–Trinajstić information content (AvgIpc) is 2.65. The molecule has 1 aromatic rings. The first kappa shape index (κ1) is 20.3. The van der Waals surface area contributed by atoms with E-state index in [0.717, 1.165) is 12.8 Å². The predicted octanol–water partition coefficient (Wildman–Crippen LogP) is 0.923. The fraction of sp³-hybridized carbons (Fsp3) is 0.529. The first-order valence-corrected chi connectivity index (χ1v) is 10.0. The van der Waals surface area contributed by atoms with Gasteiger partial charge in [0, 0.05) is 38.7 Å². The maximum absolute atomic E-state index is 12.5. The molecule has 1 saturated heterocycles. The minimum absolute atomic E-state index is 0.00968. The Morgan fingerprint density at radius 3 is 2.81 bits per heavy atom. The average molecular weight is 385 g/mol. The second-order valence-corrected chi connectivity index (χ2v) is 8.06. The van der Waals surface area contributed by atoms with E-state index >= 15 is 0 Å². The molecule has 144 valence electrons. The molecule has 1 heterocycles. The zero-order valence-corrected chi connectivity index (χ0v) is 15.5. The molecule has 2 amide bonds. The van der Waals surface area contributed by atoms with Crippen molar-refractivity contribution in [3.63, 3.8) is 0 Å². The van der Waals surface area contributed by atoms with E-state index in [-0.39, 0.29) is 35.4 Å². The molecule has 0 unspecified atom stereocenters. The number of halogens is 1. The van der Waals surface area contributed by atoms with E-state index in [1.54, 1.807) is 4.90 Å².